The molecule has 0 unspecified atom stereocenters. The third-order valence-electron chi connectivity index (χ3n) is 4.68. The predicted molar refractivity (Wildman–Crippen MR) is 102 cm³/mol. The van der Waals surface area contributed by atoms with E-state index in [4.69, 9.17) is 4.74 Å². The van der Waals surface area contributed by atoms with Crippen molar-refractivity contribution >= 4 is 15.9 Å². The zero-order valence-corrected chi connectivity index (χ0v) is 16.6. The maximum atomic E-state index is 12.5. The van der Waals surface area contributed by atoms with Crippen LogP contribution in [-0.4, -0.2) is 40.1 Å². The number of hydrogen-bond donors (Lipinski definition) is 2. The Morgan fingerprint density at radius 2 is 1.92 bits per heavy atom. The van der Waals surface area contributed by atoms with Crippen LogP contribution in [0.15, 0.2) is 30.3 Å². The number of benzene rings is 1. The molecular weight excluding hydrogens is 352 g/mol. The summed E-state index contributed by atoms with van der Waals surface area (Å²) in [5.41, 5.74) is 0.746. The molecule has 0 spiro atoms. The molecule has 0 aliphatic heterocycles. The number of nitrogens with one attached hydrogen (secondary N) is 2. The fraction of sp³-hybridized carbons (Fsp3) is 0.632. The van der Waals surface area contributed by atoms with Crippen molar-refractivity contribution in [1.82, 2.24) is 10.0 Å². The van der Waals surface area contributed by atoms with Crippen LogP contribution in [0.4, 0.5) is 0 Å². The maximum absolute atomic E-state index is 12.5. The summed E-state index contributed by atoms with van der Waals surface area (Å²) in [7, 11) is -1.90. The van der Waals surface area contributed by atoms with E-state index in [-0.39, 0.29) is 29.7 Å². The van der Waals surface area contributed by atoms with Crippen LogP contribution in [-0.2, 0) is 25.3 Å². The van der Waals surface area contributed by atoms with Crippen LogP contribution in [0.5, 0.6) is 0 Å². The van der Waals surface area contributed by atoms with Gasteiger partial charge in [0.15, 0.2) is 0 Å². The van der Waals surface area contributed by atoms with Crippen molar-refractivity contribution < 1.29 is 17.9 Å². The van der Waals surface area contributed by atoms with E-state index < -0.39 is 10.0 Å². The average Bonchev–Trinajstić information content (AvgIpc) is 2.60. The Kier molecular flexibility index (Phi) is 7.61. The van der Waals surface area contributed by atoms with Gasteiger partial charge in [0.05, 0.1) is 11.9 Å². The molecule has 1 aliphatic carbocycles. The lowest BCUT2D eigenvalue weighted by Crippen LogP contribution is -2.50. The first-order valence-electron chi connectivity index (χ1n) is 9.15. The van der Waals surface area contributed by atoms with Crippen LogP contribution in [0.3, 0.4) is 0 Å². The largest absolute Gasteiger partial charge is 0.380 e. The topological polar surface area (TPSA) is 84.5 Å². The highest BCUT2D eigenvalue weighted by Crippen LogP contribution is 2.27. The van der Waals surface area contributed by atoms with Crippen LogP contribution in [0, 0.1) is 11.8 Å². The summed E-state index contributed by atoms with van der Waals surface area (Å²) in [6, 6.07) is 8.79. The van der Waals surface area contributed by atoms with E-state index in [0.29, 0.717) is 31.7 Å². The molecule has 1 fully saturated rings. The Morgan fingerprint density at radius 3 is 2.54 bits per heavy atom. The number of carbonyl (C=O) groups excluding carboxylic acids is 1. The molecule has 1 amide bonds. The summed E-state index contributed by atoms with van der Waals surface area (Å²) >= 11 is 0. The number of carbonyl (C=O) groups is 1. The fourth-order valence-electron chi connectivity index (χ4n) is 3.28. The lowest BCUT2D eigenvalue weighted by molar-refractivity contribution is -0.128. The van der Waals surface area contributed by atoms with Gasteiger partial charge in [-0.1, -0.05) is 44.2 Å². The summed E-state index contributed by atoms with van der Waals surface area (Å²) in [5, 5.41) is 2.96. The standard InChI is InChI=1S/C19H30N2O4S/c1-14(2)12-20-19(22)16-9-10-17(18(11-16)25-3)21-26(23,24)13-15-7-5-4-6-8-15/h4-8,14,16-18,21H,9-13H2,1-3H3,(H,20,22)/t16-,17-,18-/m0/s1. The highest BCUT2D eigenvalue weighted by Gasteiger charge is 2.36. The van der Waals surface area contributed by atoms with E-state index in [1.165, 1.54) is 0 Å². The molecule has 6 nitrogen and oxygen atoms in total. The second-order valence-electron chi connectivity index (χ2n) is 7.39. The van der Waals surface area contributed by atoms with Crippen LogP contribution >= 0.6 is 0 Å². The Hall–Kier alpha value is -1.44. The number of sulfonamides is 1. The van der Waals surface area contributed by atoms with Gasteiger partial charge in [-0.05, 0) is 30.7 Å². The van der Waals surface area contributed by atoms with E-state index in [2.05, 4.69) is 23.9 Å². The van der Waals surface area contributed by atoms with Crippen LogP contribution in [0.2, 0.25) is 0 Å². The predicted octanol–water partition coefficient (Wildman–Crippen LogP) is 2.06. The molecule has 0 bridgehead atoms. The van der Waals surface area contributed by atoms with Crippen molar-refractivity contribution in [3.8, 4) is 0 Å². The molecule has 0 radical (unpaired) electrons. The Morgan fingerprint density at radius 1 is 1.23 bits per heavy atom. The number of ether oxygens (including phenoxy) is 1. The quantitative estimate of drug-likeness (QED) is 0.721. The molecular formula is C19H30N2O4S. The van der Waals surface area contributed by atoms with Gasteiger partial charge in [0.25, 0.3) is 0 Å². The van der Waals surface area contributed by atoms with Gasteiger partial charge in [0.2, 0.25) is 15.9 Å². The van der Waals surface area contributed by atoms with Gasteiger partial charge < -0.3 is 10.1 Å². The fourth-order valence-corrected chi connectivity index (χ4v) is 4.72. The first kappa shape index (κ1) is 20.9. The normalized spacial score (nSPS) is 23.8. The molecule has 2 N–H and O–H groups in total. The van der Waals surface area contributed by atoms with E-state index in [9.17, 15) is 13.2 Å². The van der Waals surface area contributed by atoms with Crippen molar-refractivity contribution in [1.29, 1.82) is 0 Å². The van der Waals surface area contributed by atoms with Crippen molar-refractivity contribution in [2.75, 3.05) is 13.7 Å². The molecule has 0 aromatic heterocycles. The summed E-state index contributed by atoms with van der Waals surface area (Å²) in [4.78, 5) is 12.3. The van der Waals surface area contributed by atoms with Gasteiger partial charge in [-0.2, -0.15) is 0 Å². The summed E-state index contributed by atoms with van der Waals surface area (Å²) in [5.74, 6) is 0.247. The van der Waals surface area contributed by atoms with Crippen LogP contribution in [0.25, 0.3) is 0 Å². The second-order valence-corrected chi connectivity index (χ2v) is 9.15. The molecule has 0 heterocycles. The Bertz CT molecular complexity index is 676. The zero-order valence-electron chi connectivity index (χ0n) is 15.8. The molecule has 1 aliphatic rings. The molecule has 1 aromatic rings. The van der Waals surface area contributed by atoms with Crippen molar-refractivity contribution in [2.24, 2.45) is 11.8 Å². The number of rotatable bonds is 8. The monoisotopic (exact) mass is 382 g/mol. The Labute approximate surface area is 156 Å². The van der Waals surface area contributed by atoms with Gasteiger partial charge in [-0.3, -0.25) is 4.79 Å². The molecule has 26 heavy (non-hydrogen) atoms. The van der Waals surface area contributed by atoms with E-state index in [0.717, 1.165) is 5.56 Å². The van der Waals surface area contributed by atoms with Crippen molar-refractivity contribution in [2.45, 2.75) is 51.0 Å². The summed E-state index contributed by atoms with van der Waals surface area (Å²) < 4.78 is 33.2. The molecule has 0 saturated heterocycles. The molecule has 7 heteroatoms. The maximum Gasteiger partial charge on any atom is 0.223 e. The zero-order chi connectivity index (χ0) is 19.2. The smallest absolute Gasteiger partial charge is 0.223 e. The summed E-state index contributed by atoms with van der Waals surface area (Å²) in [6.45, 7) is 4.76. The first-order chi connectivity index (χ1) is 12.3. The van der Waals surface area contributed by atoms with Gasteiger partial charge in [-0.15, -0.1) is 0 Å². The Balaban J connectivity index is 1.93. The lowest BCUT2D eigenvalue weighted by atomic mass is 9.83. The molecule has 1 aromatic carbocycles. The van der Waals surface area contributed by atoms with Gasteiger partial charge in [0, 0.05) is 25.6 Å². The first-order valence-corrected chi connectivity index (χ1v) is 10.8. The van der Waals surface area contributed by atoms with E-state index >= 15 is 0 Å². The van der Waals surface area contributed by atoms with E-state index in [1.807, 2.05) is 18.2 Å². The second kappa shape index (κ2) is 9.48. The van der Waals surface area contributed by atoms with Crippen molar-refractivity contribution in [3.05, 3.63) is 35.9 Å². The average molecular weight is 383 g/mol. The summed E-state index contributed by atoms with van der Waals surface area (Å²) in [6.07, 6.45) is 1.47. The highest BCUT2D eigenvalue weighted by atomic mass is 32.2. The molecule has 146 valence electrons. The number of methoxy groups -OCH3 is 1. The third kappa shape index (κ3) is 6.37. The minimum atomic E-state index is -3.47. The molecule has 2 rings (SSSR count). The molecule has 3 atom stereocenters. The number of hydrogen-bond acceptors (Lipinski definition) is 4. The van der Waals surface area contributed by atoms with Crippen molar-refractivity contribution in [3.63, 3.8) is 0 Å². The van der Waals surface area contributed by atoms with Crippen LogP contribution < -0.4 is 10.0 Å². The van der Waals surface area contributed by atoms with Gasteiger partial charge in [-0.25, -0.2) is 13.1 Å². The van der Waals surface area contributed by atoms with Gasteiger partial charge in [0.1, 0.15) is 0 Å². The number of amides is 1. The lowest BCUT2D eigenvalue weighted by Gasteiger charge is -2.35. The van der Waals surface area contributed by atoms with Crippen LogP contribution in [0.1, 0.15) is 38.7 Å². The van der Waals surface area contributed by atoms with E-state index in [1.54, 1.807) is 19.2 Å². The molecule has 1 saturated carbocycles. The minimum Gasteiger partial charge on any atom is -0.380 e. The SMILES string of the molecule is CO[C@H]1C[C@@H](C(=O)NCC(C)C)CC[C@@H]1NS(=O)(=O)Cc1ccccc1. The highest BCUT2D eigenvalue weighted by molar-refractivity contribution is 7.88. The minimum absolute atomic E-state index is 0.0337. The third-order valence-corrected chi connectivity index (χ3v) is 6.06. The van der Waals surface area contributed by atoms with Gasteiger partial charge >= 0.3 is 0 Å².